The van der Waals surface area contributed by atoms with Crippen LogP contribution in [0, 0.1) is 6.92 Å². The van der Waals surface area contributed by atoms with Crippen molar-refractivity contribution in [3.8, 4) is 5.88 Å². The van der Waals surface area contributed by atoms with Crippen LogP contribution in [0.5, 0.6) is 5.88 Å². The molecule has 0 amide bonds. The first-order valence-electron chi connectivity index (χ1n) is 6.72. The zero-order valence-electron chi connectivity index (χ0n) is 12.4. The Hall–Kier alpha value is -2.14. The Balaban J connectivity index is 1.92. The van der Waals surface area contributed by atoms with Crippen LogP contribution < -0.4 is 15.4 Å². The summed E-state index contributed by atoms with van der Waals surface area (Å²) in [5, 5.41) is 6.93. The number of hydrogen-bond acceptors (Lipinski definition) is 3. The van der Waals surface area contributed by atoms with Gasteiger partial charge in [0.1, 0.15) is 0 Å². The molecule has 0 aliphatic rings. The topological polar surface area (TPSA) is 46.2 Å². The maximum atomic E-state index is 5.32. The number of benzene rings is 1. The van der Waals surface area contributed by atoms with Crippen LogP contribution in [-0.4, -0.2) is 17.2 Å². The molecule has 2 N–H and O–H groups in total. The first-order chi connectivity index (χ1) is 10.1. The number of aromatic nitrogens is 1. The van der Waals surface area contributed by atoms with Crippen molar-refractivity contribution in [1.82, 2.24) is 10.3 Å². The molecule has 0 spiro atoms. The van der Waals surface area contributed by atoms with Gasteiger partial charge in [0, 0.05) is 6.07 Å². The minimum Gasteiger partial charge on any atom is -0.481 e. The lowest BCUT2D eigenvalue weighted by Crippen LogP contribution is -2.30. The fourth-order valence-corrected chi connectivity index (χ4v) is 2.17. The summed E-state index contributed by atoms with van der Waals surface area (Å²) in [6, 6.07) is 12.2. The van der Waals surface area contributed by atoms with Gasteiger partial charge in [0.2, 0.25) is 5.88 Å². The molecule has 1 heterocycles. The zero-order valence-corrected chi connectivity index (χ0v) is 13.2. The van der Waals surface area contributed by atoms with Crippen molar-refractivity contribution in [1.29, 1.82) is 0 Å². The number of nitrogens with one attached hydrogen (secondary N) is 2. The fraction of sp³-hybridized carbons (Fsp3) is 0.250. The van der Waals surface area contributed by atoms with Gasteiger partial charge in [0.25, 0.3) is 0 Å². The Labute approximate surface area is 130 Å². The van der Waals surface area contributed by atoms with Gasteiger partial charge in [0.15, 0.2) is 5.11 Å². The van der Waals surface area contributed by atoms with Crippen molar-refractivity contribution >= 4 is 23.0 Å². The van der Waals surface area contributed by atoms with Crippen molar-refractivity contribution in [2.45, 2.75) is 19.9 Å². The van der Waals surface area contributed by atoms with Gasteiger partial charge in [-0.1, -0.05) is 29.8 Å². The van der Waals surface area contributed by atoms with E-state index in [1.54, 1.807) is 19.4 Å². The number of aryl methyl sites for hydroxylation is 1. The van der Waals surface area contributed by atoms with E-state index in [0.29, 0.717) is 11.0 Å². The van der Waals surface area contributed by atoms with Crippen molar-refractivity contribution in [2.24, 2.45) is 0 Å². The highest BCUT2D eigenvalue weighted by atomic mass is 32.1. The third-order valence-electron chi connectivity index (χ3n) is 3.13. The van der Waals surface area contributed by atoms with Crippen LogP contribution in [0.25, 0.3) is 0 Å². The molecule has 2 aromatic rings. The zero-order chi connectivity index (χ0) is 15.2. The predicted octanol–water partition coefficient (Wildman–Crippen LogP) is 3.45. The van der Waals surface area contributed by atoms with Crippen molar-refractivity contribution in [3.63, 3.8) is 0 Å². The molecule has 0 unspecified atom stereocenters. The van der Waals surface area contributed by atoms with E-state index in [1.807, 2.05) is 6.07 Å². The monoisotopic (exact) mass is 301 g/mol. The third kappa shape index (κ3) is 4.43. The second-order valence-corrected chi connectivity index (χ2v) is 5.23. The van der Waals surface area contributed by atoms with E-state index < -0.39 is 0 Å². The molecular formula is C16H19N3OS. The van der Waals surface area contributed by atoms with Crippen LogP contribution in [0.3, 0.4) is 0 Å². The quantitative estimate of drug-likeness (QED) is 0.847. The number of methoxy groups -OCH3 is 1. The van der Waals surface area contributed by atoms with Crippen LogP contribution in [-0.2, 0) is 0 Å². The molecule has 0 aliphatic heterocycles. The Morgan fingerprint density at radius 1 is 1.19 bits per heavy atom. The van der Waals surface area contributed by atoms with Gasteiger partial charge < -0.3 is 15.4 Å². The van der Waals surface area contributed by atoms with Crippen LogP contribution in [0.4, 0.5) is 5.69 Å². The molecule has 4 nitrogen and oxygen atoms in total. The number of pyridine rings is 1. The van der Waals surface area contributed by atoms with E-state index in [9.17, 15) is 0 Å². The second-order valence-electron chi connectivity index (χ2n) is 4.82. The summed E-state index contributed by atoms with van der Waals surface area (Å²) in [5.74, 6) is 0.576. The van der Waals surface area contributed by atoms with E-state index in [0.717, 1.165) is 5.69 Å². The van der Waals surface area contributed by atoms with Crippen LogP contribution >= 0.6 is 12.2 Å². The average molecular weight is 301 g/mol. The standard InChI is InChI=1S/C16H19N3OS/c1-11-4-6-13(7-5-11)12(2)18-16(21)19-14-8-9-15(20-3)17-10-14/h4-10,12H,1-3H3,(H2,18,19,21)/t12-/m1/s1. The predicted molar refractivity (Wildman–Crippen MR) is 89.7 cm³/mol. The normalized spacial score (nSPS) is 11.6. The van der Waals surface area contributed by atoms with Gasteiger partial charge in [-0.2, -0.15) is 0 Å². The van der Waals surface area contributed by atoms with E-state index in [-0.39, 0.29) is 6.04 Å². The number of hydrogen-bond donors (Lipinski definition) is 2. The van der Waals surface area contributed by atoms with E-state index in [2.05, 4.69) is 53.7 Å². The lowest BCUT2D eigenvalue weighted by atomic mass is 10.1. The molecule has 0 saturated carbocycles. The molecule has 1 atom stereocenters. The largest absolute Gasteiger partial charge is 0.481 e. The lowest BCUT2D eigenvalue weighted by molar-refractivity contribution is 0.398. The van der Waals surface area contributed by atoms with Gasteiger partial charge >= 0.3 is 0 Å². The maximum absolute atomic E-state index is 5.32. The van der Waals surface area contributed by atoms with E-state index in [4.69, 9.17) is 17.0 Å². The number of rotatable bonds is 4. The molecular weight excluding hydrogens is 282 g/mol. The smallest absolute Gasteiger partial charge is 0.213 e. The number of nitrogens with zero attached hydrogens (tertiary/aromatic N) is 1. The summed E-state index contributed by atoms with van der Waals surface area (Å²) in [5.41, 5.74) is 3.26. The summed E-state index contributed by atoms with van der Waals surface area (Å²) in [6.45, 7) is 4.15. The van der Waals surface area contributed by atoms with E-state index >= 15 is 0 Å². The van der Waals surface area contributed by atoms with Crippen LogP contribution in [0.15, 0.2) is 42.6 Å². The van der Waals surface area contributed by atoms with Crippen molar-refractivity contribution < 1.29 is 4.74 Å². The molecule has 5 heteroatoms. The second kappa shape index (κ2) is 7.04. The third-order valence-corrected chi connectivity index (χ3v) is 3.35. The van der Waals surface area contributed by atoms with Crippen molar-refractivity contribution in [2.75, 3.05) is 12.4 Å². The van der Waals surface area contributed by atoms with Gasteiger partial charge in [0.05, 0.1) is 25.0 Å². The molecule has 110 valence electrons. The molecule has 0 bridgehead atoms. The molecule has 0 saturated heterocycles. The van der Waals surface area contributed by atoms with Crippen molar-refractivity contribution in [3.05, 3.63) is 53.7 Å². The highest BCUT2D eigenvalue weighted by Gasteiger charge is 2.07. The summed E-state index contributed by atoms with van der Waals surface area (Å²) < 4.78 is 5.02. The first-order valence-corrected chi connectivity index (χ1v) is 7.13. The fourth-order valence-electron chi connectivity index (χ4n) is 1.88. The Kier molecular flexibility index (Phi) is 5.11. The minimum absolute atomic E-state index is 0.136. The molecule has 0 radical (unpaired) electrons. The lowest BCUT2D eigenvalue weighted by Gasteiger charge is -2.17. The summed E-state index contributed by atoms with van der Waals surface area (Å²) in [6.07, 6.45) is 1.68. The minimum atomic E-state index is 0.136. The molecule has 0 fully saturated rings. The number of ether oxygens (including phenoxy) is 1. The van der Waals surface area contributed by atoms with Gasteiger partial charge in [-0.05, 0) is 37.7 Å². The Morgan fingerprint density at radius 2 is 1.90 bits per heavy atom. The van der Waals surface area contributed by atoms with Gasteiger partial charge in [-0.3, -0.25) is 0 Å². The molecule has 1 aromatic heterocycles. The van der Waals surface area contributed by atoms with Crippen LogP contribution in [0.1, 0.15) is 24.1 Å². The maximum Gasteiger partial charge on any atom is 0.213 e. The molecule has 1 aromatic carbocycles. The van der Waals surface area contributed by atoms with Crippen LogP contribution in [0.2, 0.25) is 0 Å². The Morgan fingerprint density at radius 3 is 2.48 bits per heavy atom. The molecule has 21 heavy (non-hydrogen) atoms. The Bertz CT molecular complexity index is 596. The summed E-state index contributed by atoms with van der Waals surface area (Å²) >= 11 is 5.32. The van der Waals surface area contributed by atoms with Gasteiger partial charge in [-0.15, -0.1) is 0 Å². The molecule has 0 aliphatic carbocycles. The first kappa shape index (κ1) is 15.3. The highest BCUT2D eigenvalue weighted by Crippen LogP contribution is 2.14. The van der Waals surface area contributed by atoms with Gasteiger partial charge in [-0.25, -0.2) is 4.98 Å². The molecule has 2 rings (SSSR count). The average Bonchev–Trinajstić information content (AvgIpc) is 2.48. The SMILES string of the molecule is COc1ccc(NC(=S)N[C@H](C)c2ccc(C)cc2)cn1. The highest BCUT2D eigenvalue weighted by molar-refractivity contribution is 7.80. The van der Waals surface area contributed by atoms with E-state index in [1.165, 1.54) is 11.1 Å². The number of thiocarbonyl (C=S) groups is 1. The summed E-state index contributed by atoms with van der Waals surface area (Å²) in [7, 11) is 1.59. The number of anilines is 1. The summed E-state index contributed by atoms with van der Waals surface area (Å²) in [4.78, 5) is 4.13.